The van der Waals surface area contributed by atoms with Crippen molar-refractivity contribution in [3.63, 3.8) is 0 Å². The first kappa shape index (κ1) is 22.3. The summed E-state index contributed by atoms with van der Waals surface area (Å²) in [6.07, 6.45) is 3.80. The molecule has 0 atom stereocenters. The van der Waals surface area contributed by atoms with Gasteiger partial charge in [0.2, 0.25) is 15.9 Å². The number of nitrogens with one attached hydrogen (secondary N) is 2. The van der Waals surface area contributed by atoms with Crippen LogP contribution in [0.2, 0.25) is 0 Å². The van der Waals surface area contributed by atoms with E-state index >= 15 is 0 Å². The van der Waals surface area contributed by atoms with E-state index in [1.54, 1.807) is 17.6 Å². The molecule has 0 bridgehead atoms. The highest BCUT2D eigenvalue weighted by Gasteiger charge is 2.27. The molecule has 30 heavy (non-hydrogen) atoms. The fourth-order valence-electron chi connectivity index (χ4n) is 3.44. The van der Waals surface area contributed by atoms with Crippen molar-refractivity contribution in [2.75, 3.05) is 25.9 Å². The zero-order chi connectivity index (χ0) is 21.6. The first-order valence-corrected chi connectivity index (χ1v) is 12.0. The molecule has 2 heterocycles. The topological polar surface area (TPSA) is 99.8 Å². The van der Waals surface area contributed by atoms with Crippen LogP contribution < -0.4 is 10.6 Å². The van der Waals surface area contributed by atoms with Crippen molar-refractivity contribution in [3.05, 3.63) is 41.8 Å². The third-order valence-corrected chi connectivity index (χ3v) is 7.24. The van der Waals surface area contributed by atoms with E-state index in [0.717, 1.165) is 24.1 Å². The number of piperidine rings is 1. The number of guanidine groups is 1. The molecule has 9 heteroatoms. The lowest BCUT2D eigenvalue weighted by molar-refractivity contribution is 0.306. The molecule has 0 saturated carbocycles. The van der Waals surface area contributed by atoms with Gasteiger partial charge in [0, 0.05) is 31.7 Å². The maximum absolute atomic E-state index is 12.2. The zero-order valence-corrected chi connectivity index (χ0v) is 18.7. The highest BCUT2D eigenvalue weighted by Crippen LogP contribution is 2.19. The Kier molecular flexibility index (Phi) is 7.49. The van der Waals surface area contributed by atoms with Crippen molar-refractivity contribution < 1.29 is 12.8 Å². The van der Waals surface area contributed by atoms with Gasteiger partial charge in [0.15, 0.2) is 5.96 Å². The Morgan fingerprint density at radius 1 is 1.27 bits per heavy atom. The number of hydrogen-bond acceptors (Lipinski definition) is 5. The second-order valence-corrected chi connectivity index (χ2v) is 9.66. The fraction of sp³-hybridized carbons (Fsp3) is 0.524. The molecule has 0 radical (unpaired) electrons. The number of aromatic nitrogens is 1. The monoisotopic (exact) mass is 433 g/mol. The van der Waals surface area contributed by atoms with E-state index in [-0.39, 0.29) is 11.8 Å². The van der Waals surface area contributed by atoms with Crippen LogP contribution in [-0.2, 0) is 16.6 Å². The highest BCUT2D eigenvalue weighted by molar-refractivity contribution is 7.89. The second kappa shape index (κ2) is 10.1. The van der Waals surface area contributed by atoms with Crippen LogP contribution in [0, 0.1) is 6.92 Å². The van der Waals surface area contributed by atoms with Crippen LogP contribution in [0.15, 0.2) is 39.9 Å². The average Bonchev–Trinajstić information content (AvgIpc) is 3.21. The minimum absolute atomic E-state index is 0.185. The standard InChI is InChI=1S/C21H31N5O3S/c1-4-13-30(27,28)26-11-9-18(10-12-26)25-21(22-3)23-14-19-15-29-20(24-19)17-7-5-16(2)6-8-17/h5-8,15,18H,4,9-14H2,1-3H3,(H2,22,23,25). The molecule has 1 aromatic carbocycles. The van der Waals surface area contributed by atoms with Crippen LogP contribution in [0.5, 0.6) is 0 Å². The van der Waals surface area contributed by atoms with Crippen molar-refractivity contribution in [1.29, 1.82) is 0 Å². The van der Waals surface area contributed by atoms with Gasteiger partial charge in [-0.05, 0) is 38.3 Å². The predicted octanol–water partition coefficient (Wildman–Crippen LogP) is 2.52. The molecule has 1 aromatic heterocycles. The summed E-state index contributed by atoms with van der Waals surface area (Å²) in [6.45, 7) is 5.50. The van der Waals surface area contributed by atoms with Crippen molar-refractivity contribution in [1.82, 2.24) is 19.9 Å². The highest BCUT2D eigenvalue weighted by atomic mass is 32.2. The fourth-order valence-corrected chi connectivity index (χ4v) is 4.99. The summed E-state index contributed by atoms with van der Waals surface area (Å²) >= 11 is 0. The SMILES string of the molecule is CCCS(=O)(=O)N1CCC(NC(=NC)NCc2coc(-c3ccc(C)cc3)n2)CC1. The summed E-state index contributed by atoms with van der Waals surface area (Å²) in [7, 11) is -1.40. The lowest BCUT2D eigenvalue weighted by Crippen LogP contribution is -2.49. The number of hydrogen-bond donors (Lipinski definition) is 2. The van der Waals surface area contributed by atoms with Gasteiger partial charge in [-0.2, -0.15) is 0 Å². The quantitative estimate of drug-likeness (QED) is 0.514. The van der Waals surface area contributed by atoms with Crippen LogP contribution in [0.25, 0.3) is 11.5 Å². The molecule has 1 aliphatic rings. The Bertz CT molecular complexity index is 945. The molecule has 0 amide bonds. The normalized spacial score (nSPS) is 16.6. The summed E-state index contributed by atoms with van der Waals surface area (Å²) in [6, 6.07) is 8.23. The van der Waals surface area contributed by atoms with E-state index in [1.165, 1.54) is 5.56 Å². The Balaban J connectivity index is 1.48. The number of nitrogens with zero attached hydrogens (tertiary/aromatic N) is 3. The van der Waals surface area contributed by atoms with Gasteiger partial charge in [-0.15, -0.1) is 0 Å². The van der Waals surface area contributed by atoms with Gasteiger partial charge in [-0.1, -0.05) is 24.6 Å². The minimum atomic E-state index is -3.12. The van der Waals surface area contributed by atoms with Crippen molar-refractivity contribution in [3.8, 4) is 11.5 Å². The second-order valence-electron chi connectivity index (χ2n) is 7.57. The number of sulfonamides is 1. The van der Waals surface area contributed by atoms with Crippen molar-refractivity contribution in [2.24, 2.45) is 4.99 Å². The van der Waals surface area contributed by atoms with Gasteiger partial charge >= 0.3 is 0 Å². The van der Waals surface area contributed by atoms with Crippen molar-refractivity contribution >= 4 is 16.0 Å². The van der Waals surface area contributed by atoms with Crippen LogP contribution in [0.4, 0.5) is 0 Å². The molecule has 2 aromatic rings. The minimum Gasteiger partial charge on any atom is -0.444 e. The molecule has 1 saturated heterocycles. The number of rotatable bonds is 7. The Labute approximate surface area is 178 Å². The van der Waals surface area contributed by atoms with E-state index < -0.39 is 10.0 Å². The average molecular weight is 434 g/mol. The summed E-state index contributed by atoms with van der Waals surface area (Å²) in [5.41, 5.74) is 2.92. The van der Waals surface area contributed by atoms with E-state index in [1.807, 2.05) is 38.1 Å². The summed E-state index contributed by atoms with van der Waals surface area (Å²) < 4.78 is 31.6. The summed E-state index contributed by atoms with van der Waals surface area (Å²) in [5, 5.41) is 6.64. The molecule has 2 N–H and O–H groups in total. The van der Waals surface area contributed by atoms with Crippen molar-refractivity contribution in [2.45, 2.75) is 45.7 Å². The molecule has 1 fully saturated rings. The maximum Gasteiger partial charge on any atom is 0.226 e. The first-order valence-electron chi connectivity index (χ1n) is 10.4. The van der Waals surface area contributed by atoms with E-state index in [2.05, 4.69) is 20.6 Å². The van der Waals surface area contributed by atoms with Gasteiger partial charge in [0.25, 0.3) is 0 Å². The van der Waals surface area contributed by atoms with Gasteiger partial charge in [-0.3, -0.25) is 4.99 Å². The smallest absolute Gasteiger partial charge is 0.226 e. The van der Waals surface area contributed by atoms with Gasteiger partial charge < -0.3 is 15.1 Å². The molecule has 0 aliphatic carbocycles. The number of oxazole rings is 1. The third kappa shape index (κ3) is 5.82. The first-order chi connectivity index (χ1) is 14.4. The van der Waals surface area contributed by atoms with Gasteiger partial charge in [0.05, 0.1) is 18.0 Å². The summed E-state index contributed by atoms with van der Waals surface area (Å²) in [4.78, 5) is 8.81. The van der Waals surface area contributed by atoms with E-state index in [0.29, 0.717) is 37.9 Å². The maximum atomic E-state index is 12.2. The Morgan fingerprint density at radius 3 is 2.60 bits per heavy atom. The molecular weight excluding hydrogens is 402 g/mol. The van der Waals surface area contributed by atoms with Crippen LogP contribution in [0.1, 0.15) is 37.4 Å². The molecule has 3 rings (SSSR count). The molecule has 0 unspecified atom stereocenters. The van der Waals surface area contributed by atoms with E-state index in [4.69, 9.17) is 4.42 Å². The lowest BCUT2D eigenvalue weighted by atomic mass is 10.1. The Morgan fingerprint density at radius 2 is 1.97 bits per heavy atom. The lowest BCUT2D eigenvalue weighted by Gasteiger charge is -2.32. The van der Waals surface area contributed by atoms with Crippen LogP contribution in [0.3, 0.4) is 0 Å². The number of benzene rings is 1. The summed E-state index contributed by atoms with van der Waals surface area (Å²) in [5.74, 6) is 1.48. The van der Waals surface area contributed by atoms with Crippen LogP contribution >= 0.6 is 0 Å². The number of aryl methyl sites for hydroxylation is 1. The van der Waals surface area contributed by atoms with Crippen LogP contribution in [-0.4, -0.2) is 55.6 Å². The molecular formula is C21H31N5O3S. The number of aliphatic imine (C=N–C) groups is 1. The molecule has 0 spiro atoms. The third-order valence-electron chi connectivity index (χ3n) is 5.16. The van der Waals surface area contributed by atoms with Gasteiger partial charge in [0.1, 0.15) is 6.26 Å². The molecule has 164 valence electrons. The van der Waals surface area contributed by atoms with E-state index in [9.17, 15) is 8.42 Å². The Hall–Kier alpha value is -2.39. The predicted molar refractivity (Wildman–Crippen MR) is 119 cm³/mol. The largest absolute Gasteiger partial charge is 0.444 e. The zero-order valence-electron chi connectivity index (χ0n) is 17.9. The molecule has 1 aliphatic heterocycles. The van der Waals surface area contributed by atoms with Gasteiger partial charge in [-0.25, -0.2) is 17.7 Å². The molecule has 8 nitrogen and oxygen atoms in total.